The van der Waals surface area contributed by atoms with E-state index in [-0.39, 0.29) is 17.9 Å². The summed E-state index contributed by atoms with van der Waals surface area (Å²) in [7, 11) is 0. The van der Waals surface area contributed by atoms with E-state index in [1.54, 1.807) is 0 Å². The minimum Gasteiger partial charge on any atom is -0.393 e. The monoisotopic (exact) mass is 214 g/mol. The van der Waals surface area contributed by atoms with Crippen LogP contribution in [0, 0.1) is 11.8 Å². The second kappa shape index (κ2) is 7.86. The van der Waals surface area contributed by atoms with Crippen molar-refractivity contribution in [2.24, 2.45) is 11.8 Å². The number of rotatable bonds is 2. The van der Waals surface area contributed by atoms with Gasteiger partial charge in [0.15, 0.2) is 0 Å². The Labute approximate surface area is 94.1 Å². The van der Waals surface area contributed by atoms with E-state index in [1.165, 1.54) is 19.3 Å². The summed E-state index contributed by atoms with van der Waals surface area (Å²) < 4.78 is 0. The smallest absolute Gasteiger partial charge is 0.137 e. The van der Waals surface area contributed by atoms with Gasteiger partial charge < -0.3 is 5.11 Å². The van der Waals surface area contributed by atoms with Gasteiger partial charge in [-0.2, -0.15) is 0 Å². The molecule has 2 nitrogen and oxygen atoms in total. The summed E-state index contributed by atoms with van der Waals surface area (Å²) in [5.41, 5.74) is 0. The van der Waals surface area contributed by atoms with Crippen LogP contribution in [-0.4, -0.2) is 17.0 Å². The van der Waals surface area contributed by atoms with Gasteiger partial charge in [-0.25, -0.2) is 0 Å². The molecule has 0 atom stereocenters. The predicted octanol–water partition coefficient (Wildman–Crippen LogP) is 3.18. The number of Topliss-reactive ketones (excluding diaryl/α,β-unsaturated/α-hetero) is 1. The third kappa shape index (κ3) is 7.55. The normalized spacial score (nSPS) is 17.5. The number of hydrogen-bond donors (Lipinski definition) is 1. The highest BCUT2D eigenvalue weighted by Crippen LogP contribution is 2.16. The first-order valence-electron chi connectivity index (χ1n) is 6.17. The average Bonchev–Trinajstić information content (AvgIpc) is 2.18. The molecule has 1 saturated carbocycles. The van der Waals surface area contributed by atoms with E-state index < -0.39 is 0 Å². The lowest BCUT2D eigenvalue weighted by atomic mass is 9.98. The molecule has 0 saturated heterocycles. The van der Waals surface area contributed by atoms with Crippen LogP contribution in [0.4, 0.5) is 0 Å². The van der Waals surface area contributed by atoms with Crippen LogP contribution in [-0.2, 0) is 4.79 Å². The van der Waals surface area contributed by atoms with Crippen molar-refractivity contribution in [3.63, 3.8) is 0 Å². The molecule has 0 aromatic heterocycles. The van der Waals surface area contributed by atoms with Crippen molar-refractivity contribution in [2.45, 2.75) is 65.9 Å². The molecule has 90 valence electrons. The predicted molar refractivity (Wildman–Crippen MR) is 63.8 cm³/mol. The summed E-state index contributed by atoms with van der Waals surface area (Å²) in [6, 6.07) is 0. The fourth-order valence-electron chi connectivity index (χ4n) is 1.75. The zero-order valence-corrected chi connectivity index (χ0v) is 10.6. The zero-order chi connectivity index (χ0) is 11.8. The molecule has 1 fully saturated rings. The number of aliphatic hydroxyl groups excluding tert-OH is 1. The molecule has 0 spiro atoms. The second-order valence-electron chi connectivity index (χ2n) is 5.00. The molecule has 2 heteroatoms. The van der Waals surface area contributed by atoms with Crippen molar-refractivity contribution in [3.8, 4) is 0 Å². The molecule has 0 aromatic rings. The van der Waals surface area contributed by atoms with Crippen LogP contribution in [0.2, 0.25) is 0 Å². The van der Waals surface area contributed by atoms with Crippen LogP contribution in [0.5, 0.6) is 0 Å². The highest BCUT2D eigenvalue weighted by atomic mass is 16.3. The van der Waals surface area contributed by atoms with Crippen LogP contribution >= 0.6 is 0 Å². The molecule has 0 unspecified atom stereocenters. The maximum Gasteiger partial charge on any atom is 0.137 e. The van der Waals surface area contributed by atoms with Gasteiger partial charge in [0.25, 0.3) is 0 Å². The molecule has 0 heterocycles. The molecule has 0 amide bonds. The fourth-order valence-corrected chi connectivity index (χ4v) is 1.75. The first-order valence-corrected chi connectivity index (χ1v) is 6.17. The third-order valence-electron chi connectivity index (χ3n) is 2.71. The van der Waals surface area contributed by atoms with Crippen LogP contribution in [0.15, 0.2) is 0 Å². The lowest BCUT2D eigenvalue weighted by Gasteiger charge is -2.14. The Balaban J connectivity index is 0.000000262. The molecular formula is C13H26O2. The largest absolute Gasteiger partial charge is 0.393 e. The average molecular weight is 214 g/mol. The summed E-state index contributed by atoms with van der Waals surface area (Å²) >= 11 is 0. The minimum absolute atomic E-state index is 0.0359. The van der Waals surface area contributed by atoms with Crippen LogP contribution in [0.3, 0.4) is 0 Å². The van der Waals surface area contributed by atoms with Crippen LogP contribution < -0.4 is 0 Å². The minimum atomic E-state index is 0.0359. The molecule has 0 radical (unpaired) electrons. The summed E-state index contributed by atoms with van der Waals surface area (Å²) in [6.45, 7) is 7.73. The van der Waals surface area contributed by atoms with E-state index in [0.717, 1.165) is 12.8 Å². The first-order chi connectivity index (χ1) is 6.95. The molecule has 0 aromatic carbocycles. The lowest BCUT2D eigenvalue weighted by Crippen LogP contribution is -2.13. The maximum absolute atomic E-state index is 10.8. The zero-order valence-electron chi connectivity index (χ0n) is 10.6. The number of aliphatic hydroxyl groups is 1. The van der Waals surface area contributed by atoms with Crippen LogP contribution in [0.25, 0.3) is 0 Å². The van der Waals surface area contributed by atoms with Gasteiger partial charge in [0.05, 0.1) is 6.10 Å². The second-order valence-corrected chi connectivity index (χ2v) is 5.00. The van der Waals surface area contributed by atoms with E-state index in [1.807, 2.05) is 27.7 Å². The van der Waals surface area contributed by atoms with Crippen molar-refractivity contribution in [1.82, 2.24) is 0 Å². The van der Waals surface area contributed by atoms with Crippen molar-refractivity contribution >= 4 is 5.78 Å². The summed E-state index contributed by atoms with van der Waals surface area (Å²) in [5, 5.41) is 8.91. The molecule has 0 bridgehead atoms. The Hall–Kier alpha value is -0.370. The fraction of sp³-hybridized carbons (Fsp3) is 0.923. The van der Waals surface area contributed by atoms with Crippen LogP contribution in [0.1, 0.15) is 59.8 Å². The molecule has 15 heavy (non-hydrogen) atoms. The Kier molecular flexibility index (Phi) is 7.67. The quantitative estimate of drug-likeness (QED) is 0.766. The van der Waals surface area contributed by atoms with Crippen molar-refractivity contribution in [1.29, 1.82) is 0 Å². The van der Waals surface area contributed by atoms with Gasteiger partial charge in [0.1, 0.15) is 5.78 Å². The first kappa shape index (κ1) is 14.6. The summed E-state index contributed by atoms with van der Waals surface area (Å²) in [5.74, 6) is 0.759. The van der Waals surface area contributed by atoms with Crippen molar-refractivity contribution in [2.75, 3.05) is 0 Å². The summed E-state index contributed by atoms with van der Waals surface area (Å²) in [6.07, 6.45) is 5.92. The van der Waals surface area contributed by atoms with Gasteiger partial charge in [-0.1, -0.05) is 47.0 Å². The molecule has 0 aliphatic heterocycles. The van der Waals surface area contributed by atoms with Gasteiger partial charge >= 0.3 is 0 Å². The Morgan fingerprint density at radius 2 is 1.40 bits per heavy atom. The molecule has 1 N–H and O–H groups in total. The number of ketones is 1. The van der Waals surface area contributed by atoms with E-state index in [4.69, 9.17) is 5.11 Å². The molecular weight excluding hydrogens is 188 g/mol. The van der Waals surface area contributed by atoms with Gasteiger partial charge in [0, 0.05) is 11.8 Å². The Morgan fingerprint density at radius 3 is 1.53 bits per heavy atom. The van der Waals surface area contributed by atoms with Gasteiger partial charge in [-0.15, -0.1) is 0 Å². The van der Waals surface area contributed by atoms with E-state index in [2.05, 4.69) is 0 Å². The molecule has 1 aliphatic rings. The van der Waals surface area contributed by atoms with E-state index in [0.29, 0.717) is 5.78 Å². The highest BCUT2D eigenvalue weighted by molar-refractivity contribution is 5.81. The van der Waals surface area contributed by atoms with Gasteiger partial charge in [-0.3, -0.25) is 4.79 Å². The molecule has 1 aliphatic carbocycles. The summed E-state index contributed by atoms with van der Waals surface area (Å²) in [4.78, 5) is 10.8. The Bertz CT molecular complexity index is 157. The van der Waals surface area contributed by atoms with Gasteiger partial charge in [0.2, 0.25) is 0 Å². The topological polar surface area (TPSA) is 37.3 Å². The molecule has 1 rings (SSSR count). The Morgan fingerprint density at radius 1 is 1.00 bits per heavy atom. The maximum atomic E-state index is 10.8. The standard InChI is InChI=1S/C7H14O.C6H12O/c1-5(2)7(8)6(3)4;7-6-4-2-1-3-5-6/h5-6H,1-4H3;6-7H,1-5H2. The number of hydrogen-bond acceptors (Lipinski definition) is 2. The van der Waals surface area contributed by atoms with Crippen molar-refractivity contribution < 1.29 is 9.90 Å². The van der Waals surface area contributed by atoms with Crippen molar-refractivity contribution in [3.05, 3.63) is 0 Å². The highest BCUT2D eigenvalue weighted by Gasteiger charge is 2.10. The third-order valence-corrected chi connectivity index (χ3v) is 2.71. The number of carbonyl (C=O) groups excluding carboxylic acids is 1. The van der Waals surface area contributed by atoms with E-state index >= 15 is 0 Å². The number of carbonyl (C=O) groups is 1. The van der Waals surface area contributed by atoms with Gasteiger partial charge in [-0.05, 0) is 12.8 Å². The SMILES string of the molecule is CC(C)C(=O)C(C)C.OC1CCCCC1. The lowest BCUT2D eigenvalue weighted by molar-refractivity contribution is -0.124. The van der Waals surface area contributed by atoms with E-state index in [9.17, 15) is 4.79 Å².